The van der Waals surface area contributed by atoms with Crippen LogP contribution < -0.4 is 5.56 Å². The first-order chi connectivity index (χ1) is 13.9. The summed E-state index contributed by atoms with van der Waals surface area (Å²) in [5.74, 6) is 0.853. The van der Waals surface area contributed by atoms with E-state index in [1.165, 1.54) is 4.57 Å². The number of nitrogens with zero attached hydrogens (tertiary/aromatic N) is 6. The summed E-state index contributed by atoms with van der Waals surface area (Å²) in [7, 11) is 1.71. The zero-order valence-corrected chi connectivity index (χ0v) is 17.3. The fourth-order valence-corrected chi connectivity index (χ4v) is 3.44. The van der Waals surface area contributed by atoms with Crippen LogP contribution >= 0.6 is 0 Å². The number of hydrogen-bond donors (Lipinski definition) is 0. The standard InChI is InChI=1S/C22H24N6O/c1-6-10-27-15(4)24-20(19-9-11-28(25-19)14(2)3)21(27)16-7-8-18-17(12-16)22(29)26(5)13-23-18/h6-14H,1-5H3/b10-6-. The van der Waals surface area contributed by atoms with Gasteiger partial charge < -0.3 is 9.13 Å². The lowest BCUT2D eigenvalue weighted by Gasteiger charge is -2.09. The molecule has 4 aromatic rings. The zero-order chi connectivity index (χ0) is 20.7. The quantitative estimate of drug-likeness (QED) is 0.529. The molecule has 0 aliphatic carbocycles. The second-order valence-electron chi connectivity index (χ2n) is 7.38. The lowest BCUT2D eigenvalue weighted by atomic mass is 10.1. The summed E-state index contributed by atoms with van der Waals surface area (Å²) < 4.78 is 5.45. The SMILES string of the molecule is C/C=C\n1c(C)nc(-c2ccn(C(C)C)n2)c1-c1ccc2ncn(C)c(=O)c2c1. The Morgan fingerprint density at radius 3 is 2.66 bits per heavy atom. The average molecular weight is 388 g/mol. The maximum absolute atomic E-state index is 12.6. The van der Waals surface area contributed by atoms with E-state index in [0.717, 1.165) is 28.5 Å². The molecule has 1 aromatic carbocycles. The van der Waals surface area contributed by atoms with Crippen molar-refractivity contribution in [2.24, 2.45) is 7.05 Å². The van der Waals surface area contributed by atoms with E-state index in [1.807, 2.05) is 65.8 Å². The number of allylic oxidation sites excluding steroid dienone is 1. The van der Waals surface area contributed by atoms with Gasteiger partial charge in [-0.1, -0.05) is 12.1 Å². The molecule has 0 spiro atoms. The Labute approximate surface area is 169 Å². The molecule has 0 N–H and O–H groups in total. The Balaban J connectivity index is 2.00. The van der Waals surface area contributed by atoms with Gasteiger partial charge in [0.15, 0.2) is 0 Å². The van der Waals surface area contributed by atoms with Gasteiger partial charge in [-0.3, -0.25) is 9.48 Å². The van der Waals surface area contributed by atoms with Crippen molar-refractivity contribution in [3.8, 4) is 22.6 Å². The normalized spacial score (nSPS) is 11.9. The van der Waals surface area contributed by atoms with Crippen molar-refractivity contribution in [1.29, 1.82) is 0 Å². The molecule has 0 atom stereocenters. The highest BCUT2D eigenvalue weighted by atomic mass is 16.1. The summed E-state index contributed by atoms with van der Waals surface area (Å²) >= 11 is 0. The summed E-state index contributed by atoms with van der Waals surface area (Å²) in [6, 6.07) is 8.00. The number of aryl methyl sites for hydroxylation is 2. The van der Waals surface area contributed by atoms with Crippen molar-refractivity contribution in [2.75, 3.05) is 0 Å². The van der Waals surface area contributed by atoms with Crippen LogP contribution in [0.1, 0.15) is 32.6 Å². The van der Waals surface area contributed by atoms with Gasteiger partial charge in [0.25, 0.3) is 5.56 Å². The van der Waals surface area contributed by atoms with E-state index >= 15 is 0 Å². The van der Waals surface area contributed by atoms with Gasteiger partial charge in [-0.05, 0) is 45.9 Å². The first-order valence-electron chi connectivity index (χ1n) is 9.63. The van der Waals surface area contributed by atoms with Crippen LogP contribution in [0, 0.1) is 6.92 Å². The minimum absolute atomic E-state index is 0.0729. The first kappa shape index (κ1) is 18.9. The van der Waals surface area contributed by atoms with E-state index in [9.17, 15) is 4.79 Å². The third kappa shape index (κ3) is 3.18. The van der Waals surface area contributed by atoms with Crippen LogP contribution in [0.25, 0.3) is 39.7 Å². The van der Waals surface area contributed by atoms with E-state index in [2.05, 4.69) is 18.8 Å². The van der Waals surface area contributed by atoms with Gasteiger partial charge in [0.1, 0.15) is 17.2 Å². The molecule has 0 fully saturated rings. The number of hydrogen-bond acceptors (Lipinski definition) is 4. The van der Waals surface area contributed by atoms with Crippen molar-refractivity contribution >= 4 is 17.1 Å². The largest absolute Gasteiger partial charge is 0.303 e. The van der Waals surface area contributed by atoms with Crippen molar-refractivity contribution < 1.29 is 0 Å². The molecule has 29 heavy (non-hydrogen) atoms. The van der Waals surface area contributed by atoms with E-state index in [4.69, 9.17) is 10.1 Å². The predicted molar refractivity (Wildman–Crippen MR) is 116 cm³/mol. The van der Waals surface area contributed by atoms with Crippen molar-refractivity contribution in [1.82, 2.24) is 28.9 Å². The molecule has 148 valence electrons. The molecule has 3 aromatic heterocycles. The number of fused-ring (bicyclic) bond motifs is 1. The molecule has 7 heteroatoms. The Hall–Kier alpha value is -3.48. The van der Waals surface area contributed by atoms with E-state index in [1.54, 1.807) is 13.4 Å². The molecule has 0 aliphatic heterocycles. The average Bonchev–Trinajstić information content (AvgIpc) is 3.31. The summed E-state index contributed by atoms with van der Waals surface area (Å²) in [4.78, 5) is 21.8. The summed E-state index contributed by atoms with van der Waals surface area (Å²) in [6.45, 7) is 8.12. The van der Waals surface area contributed by atoms with Crippen LogP contribution in [-0.4, -0.2) is 28.9 Å². The highest BCUT2D eigenvalue weighted by Crippen LogP contribution is 2.33. The number of imidazole rings is 1. The maximum Gasteiger partial charge on any atom is 0.260 e. The Morgan fingerprint density at radius 1 is 1.17 bits per heavy atom. The molecule has 0 bridgehead atoms. The lowest BCUT2D eigenvalue weighted by molar-refractivity contribution is 0.534. The van der Waals surface area contributed by atoms with Crippen molar-refractivity contribution in [3.63, 3.8) is 0 Å². The molecular formula is C22H24N6O. The topological polar surface area (TPSA) is 70.5 Å². The summed E-state index contributed by atoms with van der Waals surface area (Å²) in [5.41, 5.74) is 4.00. The van der Waals surface area contributed by atoms with Crippen LogP contribution in [0.4, 0.5) is 0 Å². The number of aromatic nitrogens is 6. The van der Waals surface area contributed by atoms with Crippen LogP contribution in [-0.2, 0) is 7.05 Å². The zero-order valence-electron chi connectivity index (χ0n) is 17.3. The van der Waals surface area contributed by atoms with E-state index in [-0.39, 0.29) is 11.6 Å². The molecule has 0 amide bonds. The predicted octanol–water partition coefficient (Wildman–Crippen LogP) is 4.04. The van der Waals surface area contributed by atoms with E-state index < -0.39 is 0 Å². The second-order valence-corrected chi connectivity index (χ2v) is 7.38. The second kappa shape index (κ2) is 7.16. The molecule has 0 saturated heterocycles. The monoisotopic (exact) mass is 388 g/mol. The molecule has 0 saturated carbocycles. The third-order valence-corrected chi connectivity index (χ3v) is 4.96. The Bertz CT molecular complexity index is 1290. The van der Waals surface area contributed by atoms with Gasteiger partial charge in [-0.25, -0.2) is 9.97 Å². The smallest absolute Gasteiger partial charge is 0.260 e. The van der Waals surface area contributed by atoms with Gasteiger partial charge in [-0.15, -0.1) is 0 Å². The molecule has 0 aliphatic rings. The number of benzene rings is 1. The third-order valence-electron chi connectivity index (χ3n) is 4.96. The summed E-state index contributed by atoms with van der Waals surface area (Å²) in [6.07, 6.45) is 7.46. The van der Waals surface area contributed by atoms with Crippen LogP contribution in [0.2, 0.25) is 0 Å². The van der Waals surface area contributed by atoms with Crippen LogP contribution in [0.15, 0.2) is 47.7 Å². The van der Waals surface area contributed by atoms with Crippen molar-refractivity contribution in [3.05, 3.63) is 59.0 Å². The highest BCUT2D eigenvalue weighted by molar-refractivity contribution is 5.87. The molecule has 0 unspecified atom stereocenters. The van der Waals surface area contributed by atoms with Crippen LogP contribution in [0.3, 0.4) is 0 Å². The summed E-state index contributed by atoms with van der Waals surface area (Å²) in [5, 5.41) is 5.29. The Morgan fingerprint density at radius 2 is 1.97 bits per heavy atom. The molecular weight excluding hydrogens is 364 g/mol. The van der Waals surface area contributed by atoms with Gasteiger partial charge in [0, 0.05) is 31.0 Å². The lowest BCUT2D eigenvalue weighted by Crippen LogP contribution is -2.16. The molecule has 7 nitrogen and oxygen atoms in total. The van der Waals surface area contributed by atoms with Gasteiger partial charge in [-0.2, -0.15) is 5.10 Å². The maximum atomic E-state index is 12.6. The van der Waals surface area contributed by atoms with Gasteiger partial charge in [0.05, 0.1) is 22.9 Å². The Kier molecular flexibility index (Phi) is 4.66. The van der Waals surface area contributed by atoms with Gasteiger partial charge >= 0.3 is 0 Å². The number of rotatable bonds is 4. The molecule has 4 rings (SSSR count). The van der Waals surface area contributed by atoms with E-state index in [0.29, 0.717) is 10.9 Å². The van der Waals surface area contributed by atoms with Gasteiger partial charge in [0.2, 0.25) is 0 Å². The minimum atomic E-state index is -0.0729. The highest BCUT2D eigenvalue weighted by Gasteiger charge is 2.20. The fourth-order valence-electron chi connectivity index (χ4n) is 3.44. The van der Waals surface area contributed by atoms with Crippen molar-refractivity contribution in [2.45, 2.75) is 33.7 Å². The molecule has 3 heterocycles. The fraction of sp³-hybridized carbons (Fsp3) is 0.273. The molecule has 0 radical (unpaired) electrons. The minimum Gasteiger partial charge on any atom is -0.303 e. The van der Waals surface area contributed by atoms with Crippen LogP contribution in [0.5, 0.6) is 0 Å². The first-order valence-corrected chi connectivity index (χ1v) is 9.63.